The maximum Gasteiger partial charge on any atom is 0.322 e. The van der Waals surface area contributed by atoms with Crippen LogP contribution in [0.25, 0.3) is 0 Å². The fourth-order valence-electron chi connectivity index (χ4n) is 3.72. The van der Waals surface area contributed by atoms with Crippen LogP contribution in [-0.2, 0) is 13.0 Å². The van der Waals surface area contributed by atoms with Crippen molar-refractivity contribution in [2.75, 3.05) is 11.9 Å². The maximum absolute atomic E-state index is 12.8. The van der Waals surface area contributed by atoms with Gasteiger partial charge in [-0.3, -0.25) is 0 Å². The molecule has 2 aromatic rings. The van der Waals surface area contributed by atoms with Gasteiger partial charge in [-0.15, -0.1) is 11.8 Å². The summed E-state index contributed by atoms with van der Waals surface area (Å²) >= 11 is 1.92. The number of rotatable bonds is 3. The van der Waals surface area contributed by atoms with Crippen molar-refractivity contribution < 1.29 is 4.79 Å². The molecule has 0 atom stereocenters. The van der Waals surface area contributed by atoms with Gasteiger partial charge in [0.15, 0.2) is 0 Å². The predicted octanol–water partition coefficient (Wildman–Crippen LogP) is 5.31. The number of thioether (sulfide) groups is 1. The summed E-state index contributed by atoms with van der Waals surface area (Å²) in [6.07, 6.45) is 6.17. The van der Waals surface area contributed by atoms with Gasteiger partial charge in [0.1, 0.15) is 0 Å². The molecule has 1 N–H and O–H groups in total. The molecule has 1 aliphatic carbocycles. The SMILES string of the molecule is O=C(Nc1ccccc1SC1CCCC1)N1CCc2ccccc2C1. The van der Waals surface area contributed by atoms with Crippen LogP contribution in [0.4, 0.5) is 10.5 Å². The number of urea groups is 1. The fraction of sp³-hybridized carbons (Fsp3) is 0.381. The molecule has 0 unspecified atom stereocenters. The second-order valence-corrected chi connectivity index (χ2v) is 8.23. The third-order valence-electron chi connectivity index (χ3n) is 5.14. The number of para-hydroxylation sites is 1. The van der Waals surface area contributed by atoms with E-state index in [0.717, 1.165) is 18.7 Å². The Morgan fingerprint density at radius 1 is 1.00 bits per heavy atom. The van der Waals surface area contributed by atoms with Crippen molar-refractivity contribution in [1.82, 2.24) is 4.90 Å². The first-order valence-corrected chi connectivity index (χ1v) is 10.1. The van der Waals surface area contributed by atoms with E-state index in [2.05, 4.69) is 35.6 Å². The average molecular weight is 353 g/mol. The molecule has 4 heteroatoms. The number of anilines is 1. The number of hydrogen-bond donors (Lipinski definition) is 1. The molecule has 1 fully saturated rings. The lowest BCUT2D eigenvalue weighted by atomic mass is 10.0. The van der Waals surface area contributed by atoms with Crippen LogP contribution in [0.3, 0.4) is 0 Å². The van der Waals surface area contributed by atoms with Crippen LogP contribution in [-0.4, -0.2) is 22.7 Å². The minimum absolute atomic E-state index is 0.00831. The predicted molar refractivity (Wildman–Crippen MR) is 104 cm³/mol. The first-order valence-electron chi connectivity index (χ1n) is 9.18. The van der Waals surface area contributed by atoms with Crippen LogP contribution in [0, 0.1) is 0 Å². The Morgan fingerprint density at radius 2 is 1.72 bits per heavy atom. The average Bonchev–Trinajstić information content (AvgIpc) is 3.16. The van der Waals surface area contributed by atoms with Crippen LogP contribution in [0.5, 0.6) is 0 Å². The van der Waals surface area contributed by atoms with E-state index in [1.807, 2.05) is 34.9 Å². The van der Waals surface area contributed by atoms with Crippen LogP contribution in [0.1, 0.15) is 36.8 Å². The highest BCUT2D eigenvalue weighted by molar-refractivity contribution is 8.00. The van der Waals surface area contributed by atoms with Gasteiger partial charge in [-0.05, 0) is 42.5 Å². The zero-order valence-electron chi connectivity index (χ0n) is 14.4. The van der Waals surface area contributed by atoms with Gasteiger partial charge in [0.2, 0.25) is 0 Å². The van der Waals surface area contributed by atoms with E-state index in [1.165, 1.54) is 41.7 Å². The van der Waals surface area contributed by atoms with Crippen molar-refractivity contribution in [3.8, 4) is 0 Å². The molecule has 0 saturated heterocycles. The molecule has 25 heavy (non-hydrogen) atoms. The van der Waals surface area contributed by atoms with Crippen molar-refractivity contribution in [1.29, 1.82) is 0 Å². The molecule has 0 radical (unpaired) electrons. The van der Waals surface area contributed by atoms with Crippen molar-refractivity contribution >= 4 is 23.5 Å². The summed E-state index contributed by atoms with van der Waals surface area (Å²) in [5.74, 6) is 0. The zero-order chi connectivity index (χ0) is 17.1. The molecule has 130 valence electrons. The molecule has 0 bridgehead atoms. The Hall–Kier alpha value is -1.94. The zero-order valence-corrected chi connectivity index (χ0v) is 15.2. The molecular weight excluding hydrogens is 328 g/mol. The van der Waals surface area contributed by atoms with Gasteiger partial charge in [0, 0.05) is 23.2 Å². The first kappa shape index (κ1) is 16.5. The number of amides is 2. The number of hydrogen-bond acceptors (Lipinski definition) is 2. The van der Waals surface area contributed by atoms with Gasteiger partial charge in [-0.1, -0.05) is 49.2 Å². The van der Waals surface area contributed by atoms with Crippen molar-refractivity contribution in [3.63, 3.8) is 0 Å². The Balaban J connectivity index is 1.44. The highest BCUT2D eigenvalue weighted by Crippen LogP contribution is 2.38. The van der Waals surface area contributed by atoms with E-state index >= 15 is 0 Å². The van der Waals surface area contributed by atoms with Gasteiger partial charge < -0.3 is 10.2 Å². The van der Waals surface area contributed by atoms with Crippen molar-refractivity contribution in [2.24, 2.45) is 0 Å². The molecule has 3 nitrogen and oxygen atoms in total. The van der Waals surface area contributed by atoms with Gasteiger partial charge in [-0.25, -0.2) is 4.79 Å². The number of carbonyl (C=O) groups is 1. The van der Waals surface area contributed by atoms with E-state index in [4.69, 9.17) is 0 Å². The normalized spacial score (nSPS) is 17.4. The Labute approximate surface area is 153 Å². The summed E-state index contributed by atoms with van der Waals surface area (Å²) in [6, 6.07) is 16.6. The highest BCUT2D eigenvalue weighted by Gasteiger charge is 2.22. The minimum Gasteiger partial charge on any atom is -0.320 e. The second-order valence-electron chi connectivity index (χ2n) is 6.89. The van der Waals surface area contributed by atoms with Crippen LogP contribution in [0.15, 0.2) is 53.4 Å². The maximum atomic E-state index is 12.8. The third kappa shape index (κ3) is 3.84. The Kier molecular flexibility index (Phi) is 4.97. The molecule has 0 aromatic heterocycles. The van der Waals surface area contributed by atoms with Gasteiger partial charge in [0.25, 0.3) is 0 Å². The fourth-order valence-corrected chi connectivity index (χ4v) is 5.05. The lowest BCUT2D eigenvalue weighted by molar-refractivity contribution is 0.206. The first-order chi connectivity index (χ1) is 12.3. The highest BCUT2D eigenvalue weighted by atomic mass is 32.2. The number of carbonyl (C=O) groups excluding carboxylic acids is 1. The van der Waals surface area contributed by atoms with Crippen LogP contribution in [0.2, 0.25) is 0 Å². The van der Waals surface area contributed by atoms with E-state index in [1.54, 1.807) is 0 Å². The van der Waals surface area contributed by atoms with Gasteiger partial charge >= 0.3 is 6.03 Å². The smallest absolute Gasteiger partial charge is 0.320 e. The lowest BCUT2D eigenvalue weighted by Gasteiger charge is -2.29. The molecule has 1 heterocycles. The summed E-state index contributed by atoms with van der Waals surface area (Å²) in [5, 5.41) is 3.85. The van der Waals surface area contributed by atoms with Gasteiger partial charge in [-0.2, -0.15) is 0 Å². The number of benzene rings is 2. The molecular formula is C21H24N2OS. The molecule has 2 amide bonds. The summed E-state index contributed by atoms with van der Waals surface area (Å²) in [7, 11) is 0. The standard InChI is InChI=1S/C21H24N2OS/c24-21(23-14-13-16-7-1-2-8-17(16)15-23)22-19-11-5-6-12-20(19)25-18-9-3-4-10-18/h1-2,5-8,11-12,18H,3-4,9-10,13-15H2,(H,22,24). The summed E-state index contributed by atoms with van der Waals surface area (Å²) < 4.78 is 0. The lowest BCUT2D eigenvalue weighted by Crippen LogP contribution is -2.38. The monoisotopic (exact) mass is 352 g/mol. The number of nitrogens with one attached hydrogen (secondary N) is 1. The molecule has 4 rings (SSSR count). The van der Waals surface area contributed by atoms with E-state index in [0.29, 0.717) is 11.8 Å². The van der Waals surface area contributed by atoms with Crippen LogP contribution < -0.4 is 5.32 Å². The molecule has 0 spiro atoms. The summed E-state index contributed by atoms with van der Waals surface area (Å²) in [6.45, 7) is 1.47. The second kappa shape index (κ2) is 7.52. The summed E-state index contributed by atoms with van der Waals surface area (Å²) in [5.41, 5.74) is 3.57. The van der Waals surface area contributed by atoms with Crippen molar-refractivity contribution in [2.45, 2.75) is 48.8 Å². The Bertz CT molecular complexity index is 755. The molecule has 1 aliphatic heterocycles. The number of fused-ring (bicyclic) bond motifs is 1. The summed E-state index contributed by atoms with van der Waals surface area (Å²) in [4.78, 5) is 15.9. The molecule has 2 aliphatic rings. The quantitative estimate of drug-likeness (QED) is 0.812. The number of nitrogens with zero attached hydrogens (tertiary/aromatic N) is 1. The third-order valence-corrected chi connectivity index (χ3v) is 6.56. The topological polar surface area (TPSA) is 32.3 Å². The largest absolute Gasteiger partial charge is 0.322 e. The molecule has 1 saturated carbocycles. The van der Waals surface area contributed by atoms with Gasteiger partial charge in [0.05, 0.1) is 5.69 Å². The van der Waals surface area contributed by atoms with E-state index in [-0.39, 0.29) is 6.03 Å². The van der Waals surface area contributed by atoms with Crippen molar-refractivity contribution in [3.05, 3.63) is 59.7 Å². The minimum atomic E-state index is 0.00831. The Morgan fingerprint density at radius 3 is 2.56 bits per heavy atom. The van der Waals surface area contributed by atoms with Crippen LogP contribution >= 0.6 is 11.8 Å². The van der Waals surface area contributed by atoms with E-state index in [9.17, 15) is 4.79 Å². The molecule has 2 aromatic carbocycles. The van der Waals surface area contributed by atoms with E-state index < -0.39 is 0 Å².